The summed E-state index contributed by atoms with van der Waals surface area (Å²) in [6.45, 7) is 0.970. The second kappa shape index (κ2) is 7.89. The van der Waals surface area contributed by atoms with E-state index in [9.17, 15) is 5.11 Å². The van der Waals surface area contributed by atoms with Gasteiger partial charge < -0.3 is 19.9 Å². The fourth-order valence-electron chi connectivity index (χ4n) is 4.08. The summed E-state index contributed by atoms with van der Waals surface area (Å²) in [7, 11) is 0. The van der Waals surface area contributed by atoms with Crippen LogP contribution in [0.5, 0.6) is 0 Å². The molecule has 3 aromatic rings. The van der Waals surface area contributed by atoms with Gasteiger partial charge in [0.2, 0.25) is 0 Å². The summed E-state index contributed by atoms with van der Waals surface area (Å²) >= 11 is 6.27. The van der Waals surface area contributed by atoms with Crippen LogP contribution >= 0.6 is 11.6 Å². The number of aromatic nitrogens is 2. The van der Waals surface area contributed by atoms with E-state index in [1.165, 1.54) is 0 Å². The first kappa shape index (κ1) is 18.8. The summed E-state index contributed by atoms with van der Waals surface area (Å²) < 4.78 is 13.6. The topological polar surface area (TPSA) is 68.5 Å². The lowest BCUT2D eigenvalue weighted by atomic mass is 9.95. The highest BCUT2D eigenvalue weighted by molar-refractivity contribution is 6.31. The van der Waals surface area contributed by atoms with Crippen LogP contribution in [-0.2, 0) is 16.0 Å². The van der Waals surface area contributed by atoms with Crippen LogP contribution in [0.3, 0.4) is 0 Å². The zero-order chi connectivity index (χ0) is 19.8. The number of fused-ring (bicyclic) bond motifs is 2. The number of benzene rings is 2. The molecule has 0 saturated carbocycles. The van der Waals surface area contributed by atoms with Crippen molar-refractivity contribution in [3.63, 3.8) is 0 Å². The van der Waals surface area contributed by atoms with Crippen molar-refractivity contribution in [1.29, 1.82) is 0 Å². The van der Waals surface area contributed by atoms with Crippen molar-refractivity contribution < 1.29 is 14.6 Å². The SMILES string of the molecule is OC1C(NCc2ccccc2Cl)C2COC(O2)C1n1cc(-c2ccccc2)cn1. The third-order valence-corrected chi connectivity index (χ3v) is 6.00. The standard InChI is InChI=1S/C22H22ClN3O3/c23-17-9-5-4-8-15(17)10-24-19-18-13-28-22(29-18)20(21(19)27)26-12-16(11-25-26)14-6-2-1-3-7-14/h1-9,11-12,18-22,24,27H,10,13H2. The molecule has 0 radical (unpaired) electrons. The van der Waals surface area contributed by atoms with Crippen molar-refractivity contribution in [2.75, 3.05) is 6.61 Å². The lowest BCUT2D eigenvalue weighted by Crippen LogP contribution is -2.57. The minimum atomic E-state index is -0.715. The third kappa shape index (κ3) is 3.58. The molecule has 5 atom stereocenters. The fraction of sp³-hybridized carbons (Fsp3) is 0.318. The van der Waals surface area contributed by atoms with Gasteiger partial charge in [-0.2, -0.15) is 5.10 Å². The molecule has 2 aromatic carbocycles. The van der Waals surface area contributed by atoms with E-state index in [0.29, 0.717) is 18.2 Å². The Bertz CT molecular complexity index is 980. The van der Waals surface area contributed by atoms with Crippen LogP contribution in [0.15, 0.2) is 67.0 Å². The van der Waals surface area contributed by atoms with Gasteiger partial charge in [0.05, 0.1) is 24.9 Å². The first-order valence-electron chi connectivity index (χ1n) is 9.72. The van der Waals surface area contributed by atoms with Gasteiger partial charge in [0.15, 0.2) is 6.29 Å². The predicted octanol–water partition coefficient (Wildman–Crippen LogP) is 3.02. The Balaban J connectivity index is 1.37. The maximum absolute atomic E-state index is 11.2. The number of aliphatic hydroxyl groups is 1. The van der Waals surface area contributed by atoms with E-state index in [2.05, 4.69) is 10.4 Å². The van der Waals surface area contributed by atoms with Gasteiger partial charge in [0.1, 0.15) is 12.1 Å². The van der Waals surface area contributed by atoms with E-state index < -0.39 is 18.4 Å². The Morgan fingerprint density at radius 3 is 2.72 bits per heavy atom. The second-order valence-electron chi connectivity index (χ2n) is 7.43. The summed E-state index contributed by atoms with van der Waals surface area (Å²) in [6, 6.07) is 17.0. The number of aliphatic hydroxyl groups excluding tert-OH is 1. The minimum absolute atomic E-state index is 0.210. The maximum atomic E-state index is 11.2. The van der Waals surface area contributed by atoms with Gasteiger partial charge >= 0.3 is 0 Å². The summed E-state index contributed by atoms with van der Waals surface area (Å²) in [5, 5.41) is 19.8. The van der Waals surface area contributed by atoms with E-state index in [-0.39, 0.29) is 12.1 Å². The van der Waals surface area contributed by atoms with E-state index in [1.807, 2.05) is 60.8 Å². The van der Waals surface area contributed by atoms with Crippen LogP contribution in [0.2, 0.25) is 5.02 Å². The first-order chi connectivity index (χ1) is 14.2. The third-order valence-electron chi connectivity index (χ3n) is 5.63. The number of ether oxygens (including phenoxy) is 2. The molecular weight excluding hydrogens is 390 g/mol. The fourth-order valence-corrected chi connectivity index (χ4v) is 4.29. The Hall–Kier alpha value is -2.22. The molecule has 2 bridgehead atoms. The molecule has 2 fully saturated rings. The number of nitrogens with zero attached hydrogens (tertiary/aromatic N) is 2. The Morgan fingerprint density at radius 2 is 1.90 bits per heavy atom. The van der Waals surface area contributed by atoms with Crippen LogP contribution in [0.1, 0.15) is 11.6 Å². The van der Waals surface area contributed by atoms with Crippen molar-refractivity contribution in [3.05, 3.63) is 77.6 Å². The largest absolute Gasteiger partial charge is 0.389 e. The highest BCUT2D eigenvalue weighted by Crippen LogP contribution is 2.36. The van der Waals surface area contributed by atoms with Crippen molar-refractivity contribution >= 4 is 11.6 Å². The smallest absolute Gasteiger partial charge is 0.183 e. The maximum Gasteiger partial charge on any atom is 0.183 e. The Labute approximate surface area is 174 Å². The van der Waals surface area contributed by atoms with Gasteiger partial charge in [0, 0.05) is 23.3 Å². The first-order valence-corrected chi connectivity index (χ1v) is 10.1. The van der Waals surface area contributed by atoms with E-state index >= 15 is 0 Å². The van der Waals surface area contributed by atoms with Crippen LogP contribution in [-0.4, -0.2) is 46.0 Å². The molecule has 1 aromatic heterocycles. The quantitative estimate of drug-likeness (QED) is 0.675. The minimum Gasteiger partial charge on any atom is -0.389 e. The zero-order valence-electron chi connectivity index (χ0n) is 15.7. The van der Waals surface area contributed by atoms with Gasteiger partial charge in [-0.15, -0.1) is 0 Å². The summed E-state index contributed by atoms with van der Waals surface area (Å²) in [5.41, 5.74) is 3.03. The molecule has 5 rings (SSSR count). The van der Waals surface area contributed by atoms with Gasteiger partial charge in [-0.3, -0.25) is 4.68 Å². The highest BCUT2D eigenvalue weighted by atomic mass is 35.5. The number of halogens is 1. The normalized spacial score (nSPS) is 28.6. The molecule has 6 nitrogen and oxygen atoms in total. The van der Waals surface area contributed by atoms with E-state index in [4.69, 9.17) is 21.1 Å². The van der Waals surface area contributed by atoms with Crippen molar-refractivity contribution in [2.24, 2.45) is 0 Å². The molecule has 0 spiro atoms. The number of hydrogen-bond donors (Lipinski definition) is 2. The van der Waals surface area contributed by atoms with E-state index in [1.54, 1.807) is 10.9 Å². The summed E-state index contributed by atoms with van der Waals surface area (Å²) in [5.74, 6) is 0. The Kier molecular flexibility index (Phi) is 5.11. The van der Waals surface area contributed by atoms with Crippen LogP contribution in [0.25, 0.3) is 11.1 Å². The molecule has 2 saturated heterocycles. The molecule has 3 heterocycles. The molecule has 7 heteroatoms. The van der Waals surface area contributed by atoms with E-state index in [0.717, 1.165) is 16.7 Å². The molecular formula is C22H22ClN3O3. The lowest BCUT2D eigenvalue weighted by Gasteiger charge is -2.38. The van der Waals surface area contributed by atoms with Gasteiger partial charge in [-0.1, -0.05) is 60.1 Å². The molecule has 0 amide bonds. The van der Waals surface area contributed by atoms with Crippen molar-refractivity contribution in [3.8, 4) is 11.1 Å². The molecule has 2 N–H and O–H groups in total. The summed E-state index contributed by atoms with van der Waals surface area (Å²) in [4.78, 5) is 0. The molecule has 2 aliphatic heterocycles. The second-order valence-corrected chi connectivity index (χ2v) is 7.84. The van der Waals surface area contributed by atoms with Crippen LogP contribution in [0.4, 0.5) is 0 Å². The van der Waals surface area contributed by atoms with Crippen molar-refractivity contribution in [1.82, 2.24) is 15.1 Å². The monoisotopic (exact) mass is 411 g/mol. The molecule has 0 aliphatic carbocycles. The molecule has 5 unspecified atom stereocenters. The van der Waals surface area contributed by atoms with Crippen LogP contribution < -0.4 is 5.32 Å². The lowest BCUT2D eigenvalue weighted by molar-refractivity contribution is -0.168. The number of hydrogen-bond acceptors (Lipinski definition) is 5. The molecule has 2 aliphatic rings. The average molecular weight is 412 g/mol. The highest BCUT2D eigenvalue weighted by Gasteiger charge is 2.51. The van der Waals surface area contributed by atoms with Gasteiger partial charge in [-0.05, 0) is 17.2 Å². The van der Waals surface area contributed by atoms with Gasteiger partial charge in [-0.25, -0.2) is 0 Å². The Morgan fingerprint density at radius 1 is 1.10 bits per heavy atom. The number of rotatable bonds is 5. The summed E-state index contributed by atoms with van der Waals surface area (Å²) in [6.07, 6.45) is 2.29. The predicted molar refractivity (Wildman–Crippen MR) is 109 cm³/mol. The van der Waals surface area contributed by atoms with Gasteiger partial charge in [0.25, 0.3) is 0 Å². The van der Waals surface area contributed by atoms with Crippen molar-refractivity contribution in [2.45, 2.75) is 37.1 Å². The van der Waals surface area contributed by atoms with Crippen LogP contribution in [0, 0.1) is 0 Å². The average Bonchev–Trinajstić information content (AvgIpc) is 3.39. The molecule has 150 valence electrons. The zero-order valence-corrected chi connectivity index (χ0v) is 16.4. The number of nitrogens with one attached hydrogen (secondary N) is 1. The molecule has 29 heavy (non-hydrogen) atoms.